The Balaban J connectivity index is 2.35. The first-order chi connectivity index (χ1) is 11.8. The molecule has 2 aromatic rings. The van der Waals surface area contributed by atoms with Crippen LogP contribution >= 0.6 is 0 Å². The molecule has 0 heterocycles. The number of amides is 1. The van der Waals surface area contributed by atoms with Crippen LogP contribution in [-0.4, -0.2) is 24.2 Å². The third-order valence-electron chi connectivity index (χ3n) is 3.28. The number of ether oxygens (including phenoxy) is 1. The maximum atomic E-state index is 12.6. The minimum atomic E-state index is -4.46. The van der Waals surface area contributed by atoms with Crippen LogP contribution in [0.25, 0.3) is 0 Å². The fourth-order valence-corrected chi connectivity index (χ4v) is 2.04. The summed E-state index contributed by atoms with van der Waals surface area (Å²) < 4.78 is 42.3. The van der Waals surface area contributed by atoms with E-state index in [4.69, 9.17) is 5.21 Å². The van der Waals surface area contributed by atoms with Gasteiger partial charge >= 0.3 is 12.1 Å². The number of hydroxylamine groups is 1. The molecule has 2 aromatic carbocycles. The predicted octanol–water partition coefficient (Wildman–Crippen LogP) is 3.35. The molecular weight excluding hydrogens is 341 g/mol. The quantitative estimate of drug-likeness (QED) is 0.445. The summed E-state index contributed by atoms with van der Waals surface area (Å²) in [7, 11) is 1.17. The lowest BCUT2D eigenvalue weighted by Crippen LogP contribution is -2.20. The summed E-state index contributed by atoms with van der Waals surface area (Å²) in [6.07, 6.45) is -4.46. The zero-order chi connectivity index (χ0) is 18.6. The van der Waals surface area contributed by atoms with Gasteiger partial charge in [0, 0.05) is 5.69 Å². The molecule has 0 radical (unpaired) electrons. The standard InChI is InChI=1S/C16H13F3N2O4/c1-25-15(23)9-2-7-13(12(8-9)14(22)21-24)20-11-5-3-10(4-6-11)16(17,18)19/h2-8,20,24H,1H3,(H,21,22). The molecule has 6 nitrogen and oxygen atoms in total. The summed E-state index contributed by atoms with van der Waals surface area (Å²) >= 11 is 0. The molecule has 1 amide bonds. The van der Waals surface area contributed by atoms with Crippen LogP contribution in [0.2, 0.25) is 0 Å². The molecule has 0 atom stereocenters. The Hall–Kier alpha value is -3.07. The number of benzene rings is 2. The number of carbonyl (C=O) groups excluding carboxylic acids is 2. The number of carbonyl (C=O) groups is 2. The highest BCUT2D eigenvalue weighted by molar-refractivity contribution is 6.02. The van der Waals surface area contributed by atoms with Gasteiger partial charge in [0.2, 0.25) is 0 Å². The minimum absolute atomic E-state index is 0.0686. The second kappa shape index (κ2) is 7.22. The molecule has 3 N–H and O–H groups in total. The number of hydrogen-bond acceptors (Lipinski definition) is 5. The van der Waals surface area contributed by atoms with Gasteiger partial charge in [0.05, 0.1) is 29.5 Å². The number of hydrogen-bond donors (Lipinski definition) is 3. The van der Waals surface area contributed by atoms with Gasteiger partial charge in [0.1, 0.15) is 0 Å². The summed E-state index contributed by atoms with van der Waals surface area (Å²) in [5.74, 6) is -1.59. The van der Waals surface area contributed by atoms with Gasteiger partial charge in [-0.3, -0.25) is 10.0 Å². The molecule has 0 bridgehead atoms. The van der Waals surface area contributed by atoms with Crippen molar-refractivity contribution in [3.05, 3.63) is 59.2 Å². The highest BCUT2D eigenvalue weighted by Gasteiger charge is 2.30. The van der Waals surface area contributed by atoms with E-state index in [1.807, 2.05) is 0 Å². The molecule has 0 unspecified atom stereocenters. The van der Waals surface area contributed by atoms with E-state index in [0.717, 1.165) is 12.1 Å². The zero-order valence-corrected chi connectivity index (χ0v) is 12.8. The van der Waals surface area contributed by atoms with Crippen molar-refractivity contribution in [2.75, 3.05) is 12.4 Å². The highest BCUT2D eigenvalue weighted by Crippen LogP contribution is 2.31. The molecule has 0 fully saturated rings. The molecule has 0 aliphatic carbocycles. The van der Waals surface area contributed by atoms with E-state index < -0.39 is 23.6 Å². The van der Waals surface area contributed by atoms with Gasteiger partial charge in [0.15, 0.2) is 0 Å². The van der Waals surface area contributed by atoms with Crippen molar-refractivity contribution in [3.8, 4) is 0 Å². The molecular formula is C16H13F3N2O4. The number of halogens is 3. The van der Waals surface area contributed by atoms with Gasteiger partial charge < -0.3 is 10.1 Å². The molecule has 0 aliphatic rings. The van der Waals surface area contributed by atoms with E-state index in [9.17, 15) is 22.8 Å². The third kappa shape index (κ3) is 4.27. The fraction of sp³-hybridized carbons (Fsp3) is 0.125. The van der Waals surface area contributed by atoms with Gasteiger partial charge in [-0.1, -0.05) is 0 Å². The topological polar surface area (TPSA) is 87.7 Å². The van der Waals surface area contributed by atoms with Crippen molar-refractivity contribution < 1.29 is 32.7 Å². The summed E-state index contributed by atoms with van der Waals surface area (Å²) in [6, 6.07) is 8.08. The van der Waals surface area contributed by atoms with Crippen LogP contribution in [0.4, 0.5) is 24.5 Å². The van der Waals surface area contributed by atoms with Crippen LogP contribution in [0.1, 0.15) is 26.3 Å². The average molecular weight is 354 g/mol. The summed E-state index contributed by atoms with van der Waals surface area (Å²) in [5.41, 5.74) is 1.07. The van der Waals surface area contributed by atoms with E-state index in [-0.39, 0.29) is 22.5 Å². The van der Waals surface area contributed by atoms with Crippen molar-refractivity contribution >= 4 is 23.3 Å². The van der Waals surface area contributed by atoms with E-state index in [1.54, 1.807) is 0 Å². The number of anilines is 2. The molecule has 25 heavy (non-hydrogen) atoms. The van der Waals surface area contributed by atoms with Crippen molar-refractivity contribution in [2.45, 2.75) is 6.18 Å². The van der Waals surface area contributed by atoms with Crippen LogP contribution in [0.5, 0.6) is 0 Å². The molecule has 9 heteroatoms. The second-order valence-corrected chi connectivity index (χ2v) is 4.89. The zero-order valence-electron chi connectivity index (χ0n) is 12.8. The Labute approximate surface area is 140 Å². The number of rotatable bonds is 4. The summed E-state index contributed by atoms with van der Waals surface area (Å²) in [5, 5.41) is 11.6. The Kier molecular flexibility index (Phi) is 5.28. The van der Waals surface area contributed by atoms with Gasteiger partial charge in [-0.05, 0) is 42.5 Å². The monoisotopic (exact) mass is 354 g/mol. The van der Waals surface area contributed by atoms with Crippen molar-refractivity contribution in [3.63, 3.8) is 0 Å². The first-order valence-corrected chi connectivity index (χ1v) is 6.87. The first-order valence-electron chi connectivity index (χ1n) is 6.87. The van der Waals surface area contributed by atoms with Gasteiger partial charge in [-0.25, -0.2) is 10.3 Å². The predicted molar refractivity (Wildman–Crippen MR) is 81.8 cm³/mol. The lowest BCUT2D eigenvalue weighted by molar-refractivity contribution is -0.137. The Morgan fingerprint density at radius 2 is 1.72 bits per heavy atom. The number of esters is 1. The number of alkyl halides is 3. The first kappa shape index (κ1) is 18.3. The molecule has 0 aromatic heterocycles. The Morgan fingerprint density at radius 3 is 2.24 bits per heavy atom. The molecule has 132 valence electrons. The van der Waals surface area contributed by atoms with Gasteiger partial charge in [-0.2, -0.15) is 13.2 Å². The smallest absolute Gasteiger partial charge is 0.416 e. The van der Waals surface area contributed by atoms with Crippen LogP contribution in [-0.2, 0) is 10.9 Å². The van der Waals surface area contributed by atoms with Crippen LogP contribution in [0.15, 0.2) is 42.5 Å². The summed E-state index contributed by atoms with van der Waals surface area (Å²) in [6.45, 7) is 0. The second-order valence-electron chi connectivity index (χ2n) is 4.89. The van der Waals surface area contributed by atoms with Crippen LogP contribution in [0, 0.1) is 0 Å². The lowest BCUT2D eigenvalue weighted by atomic mass is 10.1. The molecule has 2 rings (SSSR count). The highest BCUT2D eigenvalue weighted by atomic mass is 19.4. The fourth-order valence-electron chi connectivity index (χ4n) is 2.04. The normalized spacial score (nSPS) is 10.9. The van der Waals surface area contributed by atoms with E-state index in [0.29, 0.717) is 0 Å². The lowest BCUT2D eigenvalue weighted by Gasteiger charge is -2.13. The van der Waals surface area contributed by atoms with Crippen molar-refractivity contribution in [2.24, 2.45) is 0 Å². The van der Waals surface area contributed by atoms with Crippen LogP contribution in [0.3, 0.4) is 0 Å². The number of methoxy groups -OCH3 is 1. The maximum Gasteiger partial charge on any atom is 0.416 e. The Bertz CT molecular complexity index is 789. The molecule has 0 spiro atoms. The van der Waals surface area contributed by atoms with Crippen molar-refractivity contribution in [1.82, 2.24) is 5.48 Å². The van der Waals surface area contributed by atoms with Crippen molar-refractivity contribution in [1.29, 1.82) is 0 Å². The number of nitrogens with one attached hydrogen (secondary N) is 2. The largest absolute Gasteiger partial charge is 0.465 e. The maximum absolute atomic E-state index is 12.6. The molecule has 0 aliphatic heterocycles. The Morgan fingerprint density at radius 1 is 1.08 bits per heavy atom. The van der Waals surface area contributed by atoms with E-state index in [2.05, 4.69) is 10.1 Å². The minimum Gasteiger partial charge on any atom is -0.465 e. The van der Waals surface area contributed by atoms with Gasteiger partial charge in [0.25, 0.3) is 5.91 Å². The molecule has 0 saturated heterocycles. The van der Waals surface area contributed by atoms with Gasteiger partial charge in [-0.15, -0.1) is 0 Å². The van der Waals surface area contributed by atoms with E-state index >= 15 is 0 Å². The average Bonchev–Trinajstić information content (AvgIpc) is 2.60. The third-order valence-corrected chi connectivity index (χ3v) is 3.28. The van der Waals surface area contributed by atoms with Crippen LogP contribution < -0.4 is 10.8 Å². The molecule has 0 saturated carbocycles. The van der Waals surface area contributed by atoms with E-state index in [1.165, 1.54) is 42.9 Å². The summed E-state index contributed by atoms with van der Waals surface area (Å²) in [4.78, 5) is 23.3. The SMILES string of the molecule is COC(=O)c1ccc(Nc2ccc(C(F)(F)F)cc2)c(C(=O)NO)c1.